The minimum atomic E-state index is -0.391. The van der Waals surface area contributed by atoms with Gasteiger partial charge in [0.05, 0.1) is 6.20 Å². The highest BCUT2D eigenvalue weighted by Gasteiger charge is 2.10. The van der Waals surface area contributed by atoms with Crippen LogP contribution in [0.25, 0.3) is 0 Å². The highest BCUT2D eigenvalue weighted by Crippen LogP contribution is 1.97. The summed E-state index contributed by atoms with van der Waals surface area (Å²) in [4.78, 5) is 14.4. The summed E-state index contributed by atoms with van der Waals surface area (Å²) in [6, 6.07) is 0. The van der Waals surface area contributed by atoms with Crippen LogP contribution in [0.15, 0.2) is 17.0 Å². The van der Waals surface area contributed by atoms with Crippen LogP contribution in [-0.2, 0) is 0 Å². The number of hydrogen-bond acceptors (Lipinski definition) is 4. The highest BCUT2D eigenvalue weighted by atomic mass is 16.3. The second-order valence-electron chi connectivity index (χ2n) is 1.78. The molecule has 5 heteroatoms. The maximum atomic E-state index is 10.9. The molecule has 0 fully saturated rings. The van der Waals surface area contributed by atoms with Gasteiger partial charge in [0.1, 0.15) is 0 Å². The lowest BCUT2D eigenvalue weighted by Gasteiger charge is -2.05. The average molecular weight is 141 g/mol. The number of carbonyl (C=O) groups is 1. The van der Waals surface area contributed by atoms with E-state index in [1.807, 2.05) is 0 Å². The zero-order valence-electron chi connectivity index (χ0n) is 5.44. The van der Waals surface area contributed by atoms with Gasteiger partial charge < -0.3 is 4.42 Å². The van der Waals surface area contributed by atoms with E-state index in [0.29, 0.717) is 0 Å². The number of nitrogens with two attached hydrogens (primary N) is 1. The fraction of sp³-hybridized carbons (Fsp3) is 0.200. The van der Waals surface area contributed by atoms with Gasteiger partial charge in [-0.05, 0) is 0 Å². The van der Waals surface area contributed by atoms with Gasteiger partial charge in [-0.3, -0.25) is 9.80 Å². The summed E-state index contributed by atoms with van der Waals surface area (Å²) < 4.78 is 4.67. The summed E-state index contributed by atoms with van der Waals surface area (Å²) in [7, 11) is 1.44. The molecule has 0 radical (unpaired) electrons. The highest BCUT2D eigenvalue weighted by molar-refractivity contribution is 5.90. The average Bonchev–Trinajstić information content (AvgIpc) is 2.36. The minimum Gasteiger partial charge on any atom is -0.438 e. The Balaban J connectivity index is 2.78. The molecule has 1 heterocycles. The first-order valence-electron chi connectivity index (χ1n) is 2.63. The third kappa shape index (κ3) is 1.14. The Labute approximate surface area is 57.4 Å². The van der Waals surface area contributed by atoms with Gasteiger partial charge in [-0.1, -0.05) is 0 Å². The first kappa shape index (κ1) is 6.76. The van der Waals surface area contributed by atoms with Gasteiger partial charge in [0.2, 0.25) is 5.76 Å². The summed E-state index contributed by atoms with van der Waals surface area (Å²) in [6.07, 6.45) is 2.49. The maximum Gasteiger partial charge on any atom is 0.304 e. The standard InChI is InChI=1S/C5H7N3O2/c1-8(6)5(9)4-2-7-3-10-4/h2-3H,6H2,1H3. The van der Waals surface area contributed by atoms with E-state index >= 15 is 0 Å². The Morgan fingerprint density at radius 3 is 3.00 bits per heavy atom. The van der Waals surface area contributed by atoms with E-state index < -0.39 is 5.91 Å². The summed E-state index contributed by atoms with van der Waals surface area (Å²) >= 11 is 0. The molecular weight excluding hydrogens is 134 g/mol. The van der Waals surface area contributed by atoms with Crippen LogP contribution in [0.4, 0.5) is 0 Å². The van der Waals surface area contributed by atoms with E-state index in [0.717, 1.165) is 5.01 Å². The number of nitrogens with zero attached hydrogens (tertiary/aromatic N) is 2. The van der Waals surface area contributed by atoms with Gasteiger partial charge in [0.25, 0.3) is 0 Å². The van der Waals surface area contributed by atoms with Gasteiger partial charge in [0.15, 0.2) is 6.39 Å². The molecule has 0 atom stereocenters. The molecule has 1 amide bonds. The van der Waals surface area contributed by atoms with Crippen molar-refractivity contribution >= 4 is 5.91 Å². The van der Waals surface area contributed by atoms with E-state index in [-0.39, 0.29) is 5.76 Å². The largest absolute Gasteiger partial charge is 0.438 e. The van der Waals surface area contributed by atoms with Crippen molar-refractivity contribution in [2.45, 2.75) is 0 Å². The third-order valence-corrected chi connectivity index (χ3v) is 0.963. The Hall–Kier alpha value is -1.36. The molecule has 0 aromatic carbocycles. The molecule has 0 aliphatic carbocycles. The number of aromatic nitrogens is 1. The molecule has 10 heavy (non-hydrogen) atoms. The van der Waals surface area contributed by atoms with Crippen molar-refractivity contribution in [1.29, 1.82) is 0 Å². The van der Waals surface area contributed by atoms with Gasteiger partial charge in [0, 0.05) is 7.05 Å². The van der Waals surface area contributed by atoms with E-state index in [2.05, 4.69) is 9.40 Å². The molecule has 5 nitrogen and oxygen atoms in total. The van der Waals surface area contributed by atoms with Gasteiger partial charge >= 0.3 is 5.91 Å². The van der Waals surface area contributed by atoms with Crippen molar-refractivity contribution < 1.29 is 9.21 Å². The van der Waals surface area contributed by atoms with E-state index in [4.69, 9.17) is 5.84 Å². The predicted molar refractivity (Wildman–Crippen MR) is 32.8 cm³/mol. The van der Waals surface area contributed by atoms with Gasteiger partial charge in [-0.2, -0.15) is 0 Å². The number of oxazole rings is 1. The Bertz CT molecular complexity index is 217. The smallest absolute Gasteiger partial charge is 0.304 e. The molecule has 0 unspecified atom stereocenters. The quantitative estimate of drug-likeness (QED) is 0.328. The van der Waals surface area contributed by atoms with Crippen LogP contribution in [0.3, 0.4) is 0 Å². The van der Waals surface area contributed by atoms with Crippen LogP contribution in [0.2, 0.25) is 0 Å². The van der Waals surface area contributed by atoms with Crippen LogP contribution in [0.5, 0.6) is 0 Å². The number of carbonyl (C=O) groups excluding carboxylic acids is 1. The topological polar surface area (TPSA) is 72.4 Å². The van der Waals surface area contributed by atoms with Crippen LogP contribution < -0.4 is 5.84 Å². The zero-order chi connectivity index (χ0) is 7.56. The summed E-state index contributed by atoms with van der Waals surface area (Å²) in [6.45, 7) is 0. The lowest BCUT2D eigenvalue weighted by Crippen LogP contribution is -2.32. The lowest BCUT2D eigenvalue weighted by molar-refractivity contribution is 0.0763. The van der Waals surface area contributed by atoms with Crippen molar-refractivity contribution in [3.63, 3.8) is 0 Å². The summed E-state index contributed by atoms with van der Waals surface area (Å²) in [5, 5.41) is 0.931. The first-order chi connectivity index (χ1) is 4.72. The van der Waals surface area contributed by atoms with Crippen LogP contribution in [0.1, 0.15) is 10.6 Å². The molecule has 1 rings (SSSR count). The molecule has 54 valence electrons. The van der Waals surface area contributed by atoms with Crippen molar-refractivity contribution in [2.75, 3.05) is 7.05 Å². The fourth-order valence-electron chi connectivity index (χ4n) is 0.495. The SMILES string of the molecule is CN(N)C(=O)c1cnco1. The van der Waals surface area contributed by atoms with Crippen molar-refractivity contribution in [3.8, 4) is 0 Å². The Morgan fingerprint density at radius 2 is 2.60 bits per heavy atom. The summed E-state index contributed by atoms with van der Waals surface area (Å²) in [5.74, 6) is 4.88. The molecular formula is C5H7N3O2. The van der Waals surface area contributed by atoms with E-state index in [1.165, 1.54) is 19.6 Å². The van der Waals surface area contributed by atoms with Crippen LogP contribution in [0, 0.1) is 0 Å². The van der Waals surface area contributed by atoms with E-state index in [9.17, 15) is 4.79 Å². The van der Waals surface area contributed by atoms with Crippen molar-refractivity contribution in [1.82, 2.24) is 9.99 Å². The fourth-order valence-corrected chi connectivity index (χ4v) is 0.495. The molecule has 0 spiro atoms. The predicted octanol–water partition coefficient (Wildman–Crippen LogP) is -0.380. The lowest BCUT2D eigenvalue weighted by atomic mass is 10.5. The molecule has 0 bridgehead atoms. The number of hydrogen-bond donors (Lipinski definition) is 1. The molecule has 1 aromatic heterocycles. The molecule has 0 saturated carbocycles. The minimum absolute atomic E-state index is 0.144. The first-order valence-corrected chi connectivity index (χ1v) is 2.63. The molecule has 1 aromatic rings. The van der Waals surface area contributed by atoms with Crippen LogP contribution in [-0.4, -0.2) is 22.9 Å². The second-order valence-corrected chi connectivity index (χ2v) is 1.78. The second kappa shape index (κ2) is 2.49. The molecule has 0 aliphatic rings. The Morgan fingerprint density at radius 1 is 1.90 bits per heavy atom. The maximum absolute atomic E-state index is 10.9. The summed E-state index contributed by atoms with van der Waals surface area (Å²) in [5.41, 5.74) is 0. The normalized spacial score (nSPS) is 9.40. The zero-order valence-corrected chi connectivity index (χ0v) is 5.44. The molecule has 0 aliphatic heterocycles. The number of rotatable bonds is 1. The molecule has 2 N–H and O–H groups in total. The third-order valence-electron chi connectivity index (χ3n) is 0.963. The van der Waals surface area contributed by atoms with Crippen LogP contribution >= 0.6 is 0 Å². The van der Waals surface area contributed by atoms with Crippen molar-refractivity contribution in [3.05, 3.63) is 18.4 Å². The van der Waals surface area contributed by atoms with Crippen molar-refractivity contribution in [2.24, 2.45) is 5.84 Å². The van der Waals surface area contributed by atoms with E-state index in [1.54, 1.807) is 0 Å². The monoisotopic (exact) mass is 141 g/mol. The Kier molecular flexibility index (Phi) is 1.68. The molecule has 0 saturated heterocycles. The number of amides is 1. The van der Waals surface area contributed by atoms with Gasteiger partial charge in [-0.15, -0.1) is 0 Å². The number of hydrazine groups is 1. The van der Waals surface area contributed by atoms with Gasteiger partial charge in [-0.25, -0.2) is 10.8 Å².